The molecule has 1 fully saturated rings. The van der Waals surface area contributed by atoms with E-state index >= 15 is 0 Å². The van der Waals surface area contributed by atoms with Gasteiger partial charge in [0.1, 0.15) is 6.61 Å². The quantitative estimate of drug-likeness (QED) is 0.618. The van der Waals surface area contributed by atoms with E-state index in [4.69, 9.17) is 10.5 Å². The van der Waals surface area contributed by atoms with Gasteiger partial charge in [-0.2, -0.15) is 0 Å². The zero-order valence-corrected chi connectivity index (χ0v) is 18.2. The number of carbonyl (C=O) groups excluding carboxylic acids is 2. The van der Waals surface area contributed by atoms with E-state index in [1.807, 2.05) is 42.6 Å². The summed E-state index contributed by atoms with van der Waals surface area (Å²) in [5, 5.41) is 3.64. The number of benzene rings is 2. The summed E-state index contributed by atoms with van der Waals surface area (Å²) in [7, 11) is 0. The molecule has 3 amide bonds. The number of anilines is 3. The molecule has 0 bridgehead atoms. The Labute approximate surface area is 189 Å². The van der Waals surface area contributed by atoms with Gasteiger partial charge in [-0.05, 0) is 47.4 Å². The van der Waals surface area contributed by atoms with E-state index in [1.54, 1.807) is 16.2 Å². The molecule has 1 saturated heterocycles. The van der Waals surface area contributed by atoms with Crippen LogP contribution in [0.4, 0.5) is 26.1 Å². The fourth-order valence-electron chi connectivity index (χ4n) is 4.09. The van der Waals surface area contributed by atoms with E-state index in [2.05, 4.69) is 21.3 Å². The van der Waals surface area contributed by atoms with Gasteiger partial charge in [-0.1, -0.05) is 18.2 Å². The molecule has 164 valence electrons. The summed E-state index contributed by atoms with van der Waals surface area (Å²) in [6, 6.07) is 13.4. The second kappa shape index (κ2) is 8.51. The van der Waals surface area contributed by atoms with Crippen LogP contribution in [0.5, 0.6) is 0 Å². The average Bonchev–Trinajstić information content (AvgIpc) is 3.42. The molecule has 2 aromatic carbocycles. The van der Waals surface area contributed by atoms with E-state index in [9.17, 15) is 9.59 Å². The van der Waals surface area contributed by atoms with E-state index in [0.29, 0.717) is 18.8 Å². The maximum absolute atomic E-state index is 11.7. The van der Waals surface area contributed by atoms with Crippen LogP contribution in [0.2, 0.25) is 0 Å². The van der Waals surface area contributed by atoms with Gasteiger partial charge in [0.25, 0.3) is 0 Å². The summed E-state index contributed by atoms with van der Waals surface area (Å²) >= 11 is 1.69. The first-order valence-corrected chi connectivity index (χ1v) is 11.3. The number of primary amides is 1. The van der Waals surface area contributed by atoms with Crippen molar-refractivity contribution in [3.8, 4) is 0 Å². The number of nitrogens with zero attached hydrogens (tertiary/aromatic N) is 3. The third-order valence-corrected chi connectivity index (χ3v) is 6.74. The summed E-state index contributed by atoms with van der Waals surface area (Å²) in [6.45, 7) is 2.68. The van der Waals surface area contributed by atoms with Crippen LogP contribution in [-0.4, -0.2) is 36.8 Å². The van der Waals surface area contributed by atoms with Crippen molar-refractivity contribution in [2.45, 2.75) is 19.4 Å². The Balaban J connectivity index is 1.25. The maximum atomic E-state index is 11.7. The number of aromatic nitrogens is 1. The Kier molecular flexibility index (Phi) is 5.40. The Morgan fingerprint density at radius 2 is 2.00 bits per heavy atom. The SMILES string of the molecule is NC(=O)Nc1ccc2c(c1)CN(c1ncc(Cc3ccc(N4CCOC4=O)cc3)s1)CC2. The lowest BCUT2D eigenvalue weighted by atomic mass is 9.99. The second-order valence-corrected chi connectivity index (χ2v) is 8.96. The van der Waals surface area contributed by atoms with Gasteiger partial charge in [0.15, 0.2) is 5.13 Å². The Morgan fingerprint density at radius 1 is 1.16 bits per heavy atom. The molecule has 3 heterocycles. The first-order valence-electron chi connectivity index (χ1n) is 10.5. The number of ether oxygens (including phenoxy) is 1. The lowest BCUT2D eigenvalue weighted by Crippen LogP contribution is -2.30. The van der Waals surface area contributed by atoms with Crippen molar-refractivity contribution in [2.75, 3.05) is 34.8 Å². The largest absolute Gasteiger partial charge is 0.447 e. The predicted octanol–water partition coefficient (Wildman–Crippen LogP) is 3.74. The molecule has 8 nitrogen and oxygen atoms in total. The molecule has 0 aliphatic carbocycles. The number of fused-ring (bicyclic) bond motifs is 1. The molecule has 0 spiro atoms. The van der Waals surface area contributed by atoms with E-state index in [0.717, 1.165) is 36.8 Å². The monoisotopic (exact) mass is 449 g/mol. The predicted molar refractivity (Wildman–Crippen MR) is 124 cm³/mol. The number of nitrogens with one attached hydrogen (secondary N) is 1. The average molecular weight is 450 g/mol. The van der Waals surface area contributed by atoms with Gasteiger partial charge in [0.05, 0.1) is 6.54 Å². The van der Waals surface area contributed by atoms with Gasteiger partial charge in [-0.25, -0.2) is 14.6 Å². The normalized spacial score (nSPS) is 15.4. The Hall–Kier alpha value is -3.59. The molecule has 3 aromatic rings. The van der Waals surface area contributed by atoms with Gasteiger partial charge in [0, 0.05) is 42.0 Å². The number of cyclic esters (lactones) is 1. The molecule has 9 heteroatoms. The van der Waals surface area contributed by atoms with Crippen molar-refractivity contribution in [3.05, 3.63) is 70.2 Å². The molecule has 2 aliphatic rings. The number of carbonyl (C=O) groups is 2. The van der Waals surface area contributed by atoms with Gasteiger partial charge in [0.2, 0.25) is 0 Å². The molecule has 0 atom stereocenters. The van der Waals surface area contributed by atoms with Gasteiger partial charge < -0.3 is 20.7 Å². The third kappa shape index (κ3) is 4.24. The summed E-state index contributed by atoms with van der Waals surface area (Å²) in [6.07, 6.45) is 3.37. The minimum Gasteiger partial charge on any atom is -0.447 e. The third-order valence-electron chi connectivity index (χ3n) is 5.69. The number of hydrogen-bond acceptors (Lipinski definition) is 6. The van der Waals surface area contributed by atoms with Crippen molar-refractivity contribution in [2.24, 2.45) is 5.73 Å². The number of rotatable bonds is 5. The molecule has 0 saturated carbocycles. The van der Waals surface area contributed by atoms with Crippen molar-refractivity contribution in [1.29, 1.82) is 0 Å². The highest BCUT2D eigenvalue weighted by molar-refractivity contribution is 7.15. The van der Waals surface area contributed by atoms with Crippen LogP contribution in [0, 0.1) is 0 Å². The number of amides is 3. The van der Waals surface area contributed by atoms with Crippen LogP contribution >= 0.6 is 11.3 Å². The fraction of sp³-hybridized carbons (Fsp3) is 0.261. The van der Waals surface area contributed by atoms with E-state index < -0.39 is 6.03 Å². The number of nitrogens with two attached hydrogens (primary N) is 1. The molecular formula is C23H23N5O3S. The van der Waals surface area contributed by atoms with Crippen LogP contribution in [0.15, 0.2) is 48.7 Å². The van der Waals surface area contributed by atoms with E-state index in [1.165, 1.54) is 21.6 Å². The fourth-order valence-corrected chi connectivity index (χ4v) is 5.06. The van der Waals surface area contributed by atoms with Gasteiger partial charge in [-0.15, -0.1) is 11.3 Å². The minimum absolute atomic E-state index is 0.287. The van der Waals surface area contributed by atoms with Crippen LogP contribution in [0.1, 0.15) is 21.6 Å². The zero-order valence-electron chi connectivity index (χ0n) is 17.4. The number of hydrogen-bond donors (Lipinski definition) is 2. The highest BCUT2D eigenvalue weighted by atomic mass is 32.1. The number of urea groups is 1. The molecule has 0 radical (unpaired) electrons. The van der Waals surface area contributed by atoms with Gasteiger partial charge >= 0.3 is 12.1 Å². The summed E-state index contributed by atoms with van der Waals surface area (Å²) < 4.78 is 5.00. The van der Waals surface area contributed by atoms with Crippen LogP contribution in [0.25, 0.3) is 0 Å². The van der Waals surface area contributed by atoms with E-state index in [-0.39, 0.29) is 6.09 Å². The molecule has 3 N–H and O–H groups in total. The standard InChI is InChI=1S/C23H23N5O3S/c24-21(29)26-18-4-3-16-7-8-27(14-17(16)12-18)22-25-13-20(32-22)11-15-1-5-19(6-2-15)28-9-10-31-23(28)30/h1-6,12-13H,7-11,14H2,(H3,24,26,29). The molecule has 5 rings (SSSR count). The van der Waals surface area contributed by atoms with Crippen molar-refractivity contribution >= 4 is 40.0 Å². The number of thiazole rings is 1. The first kappa shape index (κ1) is 20.3. The van der Waals surface area contributed by atoms with Crippen molar-refractivity contribution in [1.82, 2.24) is 4.98 Å². The molecule has 2 aliphatic heterocycles. The Bertz CT molecular complexity index is 1160. The smallest absolute Gasteiger partial charge is 0.414 e. The lowest BCUT2D eigenvalue weighted by molar-refractivity contribution is 0.181. The molecular weight excluding hydrogens is 426 g/mol. The summed E-state index contributed by atoms with van der Waals surface area (Å²) in [5.74, 6) is 0. The summed E-state index contributed by atoms with van der Waals surface area (Å²) in [4.78, 5) is 32.6. The first-order chi connectivity index (χ1) is 15.5. The van der Waals surface area contributed by atoms with Crippen LogP contribution < -0.4 is 20.9 Å². The maximum Gasteiger partial charge on any atom is 0.414 e. The Morgan fingerprint density at radius 3 is 2.75 bits per heavy atom. The topological polar surface area (TPSA) is 101 Å². The lowest BCUT2D eigenvalue weighted by Gasteiger charge is -2.28. The summed E-state index contributed by atoms with van der Waals surface area (Å²) in [5.41, 5.74) is 10.4. The van der Waals surface area contributed by atoms with Crippen LogP contribution in [0.3, 0.4) is 0 Å². The van der Waals surface area contributed by atoms with Gasteiger partial charge in [-0.3, -0.25) is 4.90 Å². The molecule has 1 aromatic heterocycles. The zero-order chi connectivity index (χ0) is 22.1. The molecule has 32 heavy (non-hydrogen) atoms. The highest BCUT2D eigenvalue weighted by Crippen LogP contribution is 2.31. The molecule has 0 unspecified atom stereocenters. The van der Waals surface area contributed by atoms with Crippen molar-refractivity contribution < 1.29 is 14.3 Å². The van der Waals surface area contributed by atoms with Crippen molar-refractivity contribution in [3.63, 3.8) is 0 Å². The second-order valence-electron chi connectivity index (χ2n) is 7.86. The highest BCUT2D eigenvalue weighted by Gasteiger charge is 2.23. The van der Waals surface area contributed by atoms with Crippen LogP contribution in [-0.2, 0) is 24.1 Å². The minimum atomic E-state index is -0.560.